The van der Waals surface area contributed by atoms with Crippen LogP contribution in [0.15, 0.2) is 72.8 Å². The monoisotopic (exact) mass is 670 g/mol. The average molecular weight is 672 g/mol. The molecule has 0 atom stereocenters. The first-order chi connectivity index (χ1) is 20.9. The van der Waals surface area contributed by atoms with E-state index in [1.165, 1.54) is 51.4 Å². The molecule has 0 heterocycles. The average Bonchev–Trinajstić information content (AvgIpc) is 3.68. The van der Waals surface area contributed by atoms with Gasteiger partial charge in [0.15, 0.2) is 0 Å². The number of hydrogen-bond acceptors (Lipinski definition) is 2. The number of phenols is 2. The van der Waals surface area contributed by atoms with Gasteiger partial charge < -0.3 is 10.2 Å². The number of rotatable bonds is 3. The Kier molecular flexibility index (Phi) is 9.80. The molecule has 8 rings (SSSR count). The van der Waals surface area contributed by atoms with E-state index in [1.54, 1.807) is 46.9 Å². The minimum Gasteiger partial charge on any atom is -0.507 e. The van der Waals surface area contributed by atoms with E-state index in [2.05, 4.69) is 38.8 Å². The van der Waals surface area contributed by atoms with Crippen LogP contribution in [0.4, 0.5) is 0 Å². The van der Waals surface area contributed by atoms with E-state index in [1.807, 2.05) is 60.7 Å². The maximum absolute atomic E-state index is 10.4. The van der Waals surface area contributed by atoms with Gasteiger partial charge in [-0.05, 0) is 120 Å². The van der Waals surface area contributed by atoms with E-state index < -0.39 is 8.07 Å². The number of fused-ring (bicyclic) bond motifs is 4. The summed E-state index contributed by atoms with van der Waals surface area (Å²) in [7, 11) is -1.51. The zero-order valence-corrected chi connectivity index (χ0v) is 29.2. The number of phenolic OH excluding ortho intramolecular Hbond substituents is 2. The molecule has 2 N–H and O–H groups in total. The van der Waals surface area contributed by atoms with Gasteiger partial charge in [-0.15, -0.1) is 0 Å². The second kappa shape index (κ2) is 13.4. The fraction of sp³-hybridized carbons (Fsp3) is 0.250. The van der Waals surface area contributed by atoms with Crippen LogP contribution in [-0.4, -0.2) is 18.3 Å². The van der Waals surface area contributed by atoms with Gasteiger partial charge in [0.05, 0.1) is 8.07 Å². The Labute approximate surface area is 284 Å². The van der Waals surface area contributed by atoms with Gasteiger partial charge in [0.1, 0.15) is 11.5 Å². The summed E-state index contributed by atoms with van der Waals surface area (Å²) in [5, 5.41) is 24.8. The standard InChI is InChI=1S/C20H14O2.C20H26Si.Zr/c21-17-11-9-13-5-1-3-7-15(13)19(17)20-16-8-4-2-6-14(16)10-12-18(20)22;1-21(2,19-13-11-15-7-3-5-9-17(15)19)20-14-12-16-8-4-6-10-18(16)20;/h1-12,21-22H;11-14H,3-10H2,1-2H3;. The van der Waals surface area contributed by atoms with E-state index >= 15 is 0 Å². The van der Waals surface area contributed by atoms with E-state index in [9.17, 15) is 10.2 Å². The molecule has 0 aliphatic heterocycles. The van der Waals surface area contributed by atoms with Crippen LogP contribution in [-0.2, 0) is 26.2 Å². The van der Waals surface area contributed by atoms with Crippen LogP contribution in [0.1, 0.15) is 51.4 Å². The zero-order valence-electron chi connectivity index (χ0n) is 25.8. The fourth-order valence-electron chi connectivity index (χ4n) is 7.77. The summed E-state index contributed by atoms with van der Waals surface area (Å²) in [6.45, 7) is 5.17. The third-order valence-corrected chi connectivity index (χ3v) is 13.6. The molecule has 0 saturated heterocycles. The van der Waals surface area contributed by atoms with Gasteiger partial charge in [-0.3, -0.25) is 0 Å². The minimum absolute atomic E-state index is 0. The first-order valence-corrected chi connectivity index (χ1v) is 18.9. The second-order valence-corrected chi connectivity index (χ2v) is 17.2. The van der Waals surface area contributed by atoms with Crippen LogP contribution in [0.2, 0.25) is 13.1 Å². The number of benzene rings is 4. The molecule has 0 unspecified atom stereocenters. The van der Waals surface area contributed by atoms with Crippen LogP contribution < -0.4 is 0 Å². The Morgan fingerprint density at radius 1 is 0.500 bits per heavy atom. The summed E-state index contributed by atoms with van der Waals surface area (Å²) in [5.74, 6) is 7.15. The molecule has 0 bridgehead atoms. The van der Waals surface area contributed by atoms with Crippen LogP contribution in [0.5, 0.6) is 11.5 Å². The van der Waals surface area contributed by atoms with Gasteiger partial charge in [0, 0.05) is 37.3 Å². The molecule has 10 radical (unpaired) electrons. The molecule has 4 aliphatic rings. The Hall–Kier alpha value is -1.90. The summed E-state index contributed by atoms with van der Waals surface area (Å²) >= 11 is 0. The quantitative estimate of drug-likeness (QED) is 0.213. The largest absolute Gasteiger partial charge is 0.507 e. The normalized spacial score (nSPS) is 20.7. The van der Waals surface area contributed by atoms with Crippen molar-refractivity contribution in [2.45, 2.75) is 64.5 Å². The SMILES string of the molecule is C[Si](C)([C]1[CH][CH][C]2CCCC[C]21)[C]1[CH][CH][C]2CCCC[C]21.Oc1ccc2ccccc2c1-c1c(O)ccc2ccccc12.[Zr]. The van der Waals surface area contributed by atoms with Crippen molar-refractivity contribution in [1.82, 2.24) is 0 Å². The predicted octanol–water partition coefficient (Wildman–Crippen LogP) is 10.3. The van der Waals surface area contributed by atoms with Crippen molar-refractivity contribution in [3.8, 4) is 22.6 Å². The molecule has 0 amide bonds. The van der Waals surface area contributed by atoms with Crippen LogP contribution in [0.25, 0.3) is 32.7 Å². The smallest absolute Gasteiger partial charge is 0.124 e. The van der Waals surface area contributed by atoms with Crippen molar-refractivity contribution in [3.05, 3.63) is 133 Å². The third-order valence-electron chi connectivity index (χ3n) is 9.98. The fourth-order valence-corrected chi connectivity index (χ4v) is 11.1. The second-order valence-electron chi connectivity index (χ2n) is 12.9. The molecule has 4 aromatic carbocycles. The maximum atomic E-state index is 10.4. The van der Waals surface area contributed by atoms with E-state index in [4.69, 9.17) is 0 Å². The number of aromatic hydroxyl groups is 2. The van der Waals surface area contributed by atoms with Gasteiger partial charge in [-0.25, -0.2) is 0 Å². The topological polar surface area (TPSA) is 40.5 Å². The summed E-state index contributed by atoms with van der Waals surface area (Å²) in [5.41, 5.74) is 4.84. The summed E-state index contributed by atoms with van der Waals surface area (Å²) < 4.78 is 0. The van der Waals surface area contributed by atoms with Crippen molar-refractivity contribution in [2.75, 3.05) is 0 Å². The Balaban J connectivity index is 0.000000153. The van der Waals surface area contributed by atoms with Crippen molar-refractivity contribution >= 4 is 29.6 Å². The summed E-state index contributed by atoms with van der Waals surface area (Å²) in [6.07, 6.45) is 20.7. The first-order valence-electron chi connectivity index (χ1n) is 15.9. The minimum atomic E-state index is -1.51. The van der Waals surface area contributed by atoms with E-state index in [-0.39, 0.29) is 37.7 Å². The Morgan fingerprint density at radius 3 is 1.36 bits per heavy atom. The van der Waals surface area contributed by atoms with Crippen molar-refractivity contribution in [2.24, 2.45) is 0 Å². The molecule has 0 spiro atoms. The van der Waals surface area contributed by atoms with Crippen LogP contribution in [0, 0.1) is 60.4 Å². The Bertz CT molecular complexity index is 1480. The molecule has 4 heteroatoms. The molecule has 0 aromatic heterocycles. The molecular weight excluding hydrogens is 632 g/mol. The van der Waals surface area contributed by atoms with Gasteiger partial charge in [-0.1, -0.05) is 99.4 Å². The van der Waals surface area contributed by atoms with Gasteiger partial charge in [0.25, 0.3) is 0 Å². The van der Waals surface area contributed by atoms with Crippen molar-refractivity contribution < 1.29 is 36.4 Å². The van der Waals surface area contributed by atoms with E-state index in [0.717, 1.165) is 21.5 Å². The summed E-state index contributed by atoms with van der Waals surface area (Å²) in [4.78, 5) is 0. The van der Waals surface area contributed by atoms with Crippen molar-refractivity contribution in [3.63, 3.8) is 0 Å². The van der Waals surface area contributed by atoms with Gasteiger partial charge in [0.2, 0.25) is 0 Å². The van der Waals surface area contributed by atoms with Crippen molar-refractivity contribution in [1.29, 1.82) is 0 Å². The molecule has 220 valence electrons. The molecule has 4 aromatic rings. The van der Waals surface area contributed by atoms with Crippen LogP contribution >= 0.6 is 0 Å². The Morgan fingerprint density at radius 2 is 0.909 bits per heavy atom. The van der Waals surface area contributed by atoms with Crippen LogP contribution in [0.3, 0.4) is 0 Å². The third kappa shape index (κ3) is 5.88. The first kappa shape index (κ1) is 32.1. The summed E-state index contributed by atoms with van der Waals surface area (Å²) in [6, 6.07) is 22.9. The molecule has 44 heavy (non-hydrogen) atoms. The maximum Gasteiger partial charge on any atom is 0.124 e. The molecule has 4 saturated carbocycles. The van der Waals surface area contributed by atoms with E-state index in [0.29, 0.717) is 11.1 Å². The molecule has 4 aliphatic carbocycles. The van der Waals surface area contributed by atoms with Gasteiger partial charge in [-0.2, -0.15) is 0 Å². The van der Waals surface area contributed by atoms with Gasteiger partial charge >= 0.3 is 0 Å². The zero-order chi connectivity index (χ0) is 29.6. The number of hydrogen-bond donors (Lipinski definition) is 2. The molecule has 2 nitrogen and oxygen atoms in total. The molecular formula is C40H40O2SiZr. The predicted molar refractivity (Wildman–Crippen MR) is 181 cm³/mol. The molecule has 4 fully saturated rings.